The summed E-state index contributed by atoms with van der Waals surface area (Å²) < 4.78 is 36.6. The Labute approximate surface area is 135 Å². The zero-order valence-electron chi connectivity index (χ0n) is 12.7. The monoisotopic (exact) mass is 334 g/mol. The molecule has 1 heterocycles. The molecule has 7 heteroatoms. The smallest absolute Gasteiger partial charge is 0.232 e. The molecule has 2 aromatic rings. The summed E-state index contributed by atoms with van der Waals surface area (Å²) in [6, 6.07) is 12.7. The number of benzene rings is 2. The zero-order valence-corrected chi connectivity index (χ0v) is 13.5. The van der Waals surface area contributed by atoms with E-state index < -0.39 is 10.0 Å². The van der Waals surface area contributed by atoms with Crippen LogP contribution < -0.4 is 19.5 Å². The van der Waals surface area contributed by atoms with Crippen LogP contribution in [0, 0.1) is 0 Å². The summed E-state index contributed by atoms with van der Waals surface area (Å²) in [6.07, 6.45) is 0.582. The molecule has 3 rings (SSSR count). The van der Waals surface area contributed by atoms with E-state index in [1.165, 1.54) is 0 Å². The van der Waals surface area contributed by atoms with Crippen LogP contribution in [0.3, 0.4) is 0 Å². The molecule has 0 aromatic heterocycles. The Morgan fingerprint density at radius 3 is 2.35 bits per heavy atom. The second-order valence-corrected chi connectivity index (χ2v) is 7.03. The molecule has 1 aliphatic rings. The van der Waals surface area contributed by atoms with Crippen molar-refractivity contribution in [3.63, 3.8) is 0 Å². The molecular weight excluding hydrogens is 316 g/mol. The second-order valence-electron chi connectivity index (χ2n) is 5.19. The van der Waals surface area contributed by atoms with Gasteiger partial charge in [0, 0.05) is 23.1 Å². The maximum atomic E-state index is 11.7. The third-order valence-electron chi connectivity index (χ3n) is 3.29. The van der Waals surface area contributed by atoms with Gasteiger partial charge in [0.15, 0.2) is 11.5 Å². The van der Waals surface area contributed by atoms with Gasteiger partial charge in [-0.2, -0.15) is 0 Å². The predicted octanol–water partition coefficient (Wildman–Crippen LogP) is 3.31. The molecule has 0 aliphatic carbocycles. The summed E-state index contributed by atoms with van der Waals surface area (Å²) in [7, 11) is -3.26. The number of hydrogen-bond acceptors (Lipinski definition) is 5. The SMILES string of the molecule is CCCS(=O)(=O)Nc1ccc(Nc2ccc3c(c2)OCO3)cc1. The van der Waals surface area contributed by atoms with Crippen molar-refractivity contribution in [2.45, 2.75) is 13.3 Å². The van der Waals surface area contributed by atoms with Crippen molar-refractivity contribution in [2.24, 2.45) is 0 Å². The zero-order chi connectivity index (χ0) is 16.3. The van der Waals surface area contributed by atoms with Crippen molar-refractivity contribution in [3.05, 3.63) is 42.5 Å². The van der Waals surface area contributed by atoms with Crippen molar-refractivity contribution in [1.82, 2.24) is 0 Å². The van der Waals surface area contributed by atoms with Crippen LogP contribution in [0.2, 0.25) is 0 Å². The van der Waals surface area contributed by atoms with Crippen LogP contribution in [0.15, 0.2) is 42.5 Å². The molecule has 0 amide bonds. The number of nitrogens with one attached hydrogen (secondary N) is 2. The number of sulfonamides is 1. The van der Waals surface area contributed by atoms with Crippen LogP contribution in [0.25, 0.3) is 0 Å². The van der Waals surface area contributed by atoms with Crippen LogP contribution >= 0.6 is 0 Å². The molecule has 2 N–H and O–H groups in total. The maximum Gasteiger partial charge on any atom is 0.232 e. The van der Waals surface area contributed by atoms with Gasteiger partial charge >= 0.3 is 0 Å². The summed E-state index contributed by atoms with van der Waals surface area (Å²) in [5.74, 6) is 1.56. The number of rotatable bonds is 6. The Morgan fingerprint density at radius 1 is 0.957 bits per heavy atom. The van der Waals surface area contributed by atoms with Gasteiger partial charge in [-0.05, 0) is 42.8 Å². The van der Waals surface area contributed by atoms with Crippen molar-refractivity contribution >= 4 is 27.1 Å². The first-order valence-corrected chi connectivity index (χ1v) is 8.98. The third-order valence-corrected chi connectivity index (χ3v) is 4.78. The Bertz CT molecular complexity index is 788. The summed E-state index contributed by atoms with van der Waals surface area (Å²) in [4.78, 5) is 0. The van der Waals surface area contributed by atoms with Crippen molar-refractivity contribution in [1.29, 1.82) is 0 Å². The van der Waals surface area contributed by atoms with Gasteiger partial charge in [0.2, 0.25) is 16.8 Å². The van der Waals surface area contributed by atoms with Gasteiger partial charge in [-0.1, -0.05) is 6.92 Å². The molecule has 0 saturated heterocycles. The van der Waals surface area contributed by atoms with Gasteiger partial charge in [-0.15, -0.1) is 0 Å². The van der Waals surface area contributed by atoms with Gasteiger partial charge < -0.3 is 14.8 Å². The Kier molecular flexibility index (Phi) is 4.29. The third kappa shape index (κ3) is 3.87. The van der Waals surface area contributed by atoms with E-state index >= 15 is 0 Å². The summed E-state index contributed by atoms with van der Waals surface area (Å²) in [5.41, 5.74) is 2.27. The summed E-state index contributed by atoms with van der Waals surface area (Å²) in [6.45, 7) is 2.07. The first-order valence-electron chi connectivity index (χ1n) is 7.33. The number of anilines is 3. The van der Waals surface area contributed by atoms with E-state index in [2.05, 4.69) is 10.0 Å². The minimum absolute atomic E-state index is 0.115. The fraction of sp³-hybridized carbons (Fsp3) is 0.250. The molecular formula is C16H18N2O4S. The fourth-order valence-electron chi connectivity index (χ4n) is 2.26. The molecule has 0 saturated carbocycles. The standard InChI is InChI=1S/C16H18N2O4S/c1-2-9-23(19,20)18-13-5-3-12(4-6-13)17-14-7-8-15-16(10-14)22-11-21-15/h3-8,10,17-18H,2,9,11H2,1H3. The molecule has 0 spiro atoms. The fourth-order valence-corrected chi connectivity index (χ4v) is 3.40. The quantitative estimate of drug-likeness (QED) is 0.847. The number of ether oxygens (including phenoxy) is 2. The van der Waals surface area contributed by atoms with E-state index in [0.29, 0.717) is 17.9 Å². The molecule has 0 fully saturated rings. The highest BCUT2D eigenvalue weighted by Gasteiger charge is 2.13. The van der Waals surface area contributed by atoms with E-state index in [-0.39, 0.29) is 12.5 Å². The lowest BCUT2D eigenvalue weighted by atomic mass is 10.2. The highest BCUT2D eigenvalue weighted by Crippen LogP contribution is 2.35. The van der Waals surface area contributed by atoms with Crippen LogP contribution in [0.1, 0.15) is 13.3 Å². The lowest BCUT2D eigenvalue weighted by molar-refractivity contribution is 0.174. The molecule has 0 atom stereocenters. The van der Waals surface area contributed by atoms with Gasteiger partial charge in [-0.25, -0.2) is 8.42 Å². The molecule has 1 aliphatic heterocycles. The number of hydrogen-bond donors (Lipinski definition) is 2. The van der Waals surface area contributed by atoms with Gasteiger partial charge in [-0.3, -0.25) is 4.72 Å². The number of fused-ring (bicyclic) bond motifs is 1. The molecule has 0 unspecified atom stereocenters. The molecule has 0 bridgehead atoms. The lowest BCUT2D eigenvalue weighted by Gasteiger charge is -2.10. The molecule has 122 valence electrons. The van der Waals surface area contributed by atoms with Crippen LogP contribution in [0.5, 0.6) is 11.5 Å². The van der Waals surface area contributed by atoms with E-state index in [0.717, 1.165) is 17.1 Å². The maximum absolute atomic E-state index is 11.7. The average Bonchev–Trinajstić information content (AvgIpc) is 2.96. The predicted molar refractivity (Wildman–Crippen MR) is 90.0 cm³/mol. The Balaban J connectivity index is 1.68. The molecule has 23 heavy (non-hydrogen) atoms. The highest BCUT2D eigenvalue weighted by molar-refractivity contribution is 7.92. The van der Waals surface area contributed by atoms with Crippen LogP contribution in [0.4, 0.5) is 17.1 Å². The van der Waals surface area contributed by atoms with Gasteiger partial charge in [0.05, 0.1) is 5.75 Å². The van der Waals surface area contributed by atoms with E-state index in [1.54, 1.807) is 12.1 Å². The van der Waals surface area contributed by atoms with Crippen molar-refractivity contribution < 1.29 is 17.9 Å². The molecule has 6 nitrogen and oxygen atoms in total. The molecule has 2 aromatic carbocycles. The van der Waals surface area contributed by atoms with Gasteiger partial charge in [0.1, 0.15) is 0 Å². The highest BCUT2D eigenvalue weighted by atomic mass is 32.2. The van der Waals surface area contributed by atoms with Crippen LogP contribution in [-0.4, -0.2) is 21.0 Å². The minimum atomic E-state index is -3.26. The normalized spacial score (nSPS) is 12.9. The Morgan fingerprint density at radius 2 is 1.61 bits per heavy atom. The van der Waals surface area contributed by atoms with Crippen molar-refractivity contribution in [3.8, 4) is 11.5 Å². The van der Waals surface area contributed by atoms with Crippen LogP contribution in [-0.2, 0) is 10.0 Å². The van der Waals surface area contributed by atoms with Crippen molar-refractivity contribution in [2.75, 3.05) is 22.6 Å². The lowest BCUT2D eigenvalue weighted by Crippen LogP contribution is -2.15. The minimum Gasteiger partial charge on any atom is -0.454 e. The van der Waals surface area contributed by atoms with E-state index in [9.17, 15) is 8.42 Å². The summed E-state index contributed by atoms with van der Waals surface area (Å²) >= 11 is 0. The van der Waals surface area contributed by atoms with E-state index in [4.69, 9.17) is 9.47 Å². The average molecular weight is 334 g/mol. The topological polar surface area (TPSA) is 76.7 Å². The largest absolute Gasteiger partial charge is 0.454 e. The Hall–Kier alpha value is -2.41. The summed E-state index contributed by atoms with van der Waals surface area (Å²) in [5, 5.41) is 3.24. The molecule has 0 radical (unpaired) electrons. The van der Waals surface area contributed by atoms with Gasteiger partial charge in [0.25, 0.3) is 0 Å². The first-order chi connectivity index (χ1) is 11.1. The second kappa shape index (κ2) is 6.37. The van der Waals surface area contributed by atoms with E-state index in [1.807, 2.05) is 37.3 Å². The first kappa shape index (κ1) is 15.5.